The molecule has 0 aromatic carbocycles. The zero-order chi connectivity index (χ0) is 12.3. The van der Waals surface area contributed by atoms with Crippen LogP contribution in [0.3, 0.4) is 0 Å². The Bertz CT molecular complexity index is 352. The molecule has 1 aromatic rings. The van der Waals surface area contributed by atoms with Crippen molar-refractivity contribution in [1.82, 2.24) is 15.1 Å². The third-order valence-electron chi connectivity index (χ3n) is 3.67. The minimum atomic E-state index is 0.595. The van der Waals surface area contributed by atoms with Gasteiger partial charge < -0.3 is 10.2 Å². The van der Waals surface area contributed by atoms with E-state index >= 15 is 0 Å². The molecule has 0 aliphatic carbocycles. The Labute approximate surface area is 102 Å². The van der Waals surface area contributed by atoms with Crippen LogP contribution in [0.25, 0.3) is 0 Å². The molecule has 5 heteroatoms. The summed E-state index contributed by atoms with van der Waals surface area (Å²) in [4.78, 5) is 2.37. The number of aryl methyl sites for hydroxylation is 1. The first-order valence-corrected chi connectivity index (χ1v) is 6.46. The predicted octanol–water partition coefficient (Wildman–Crippen LogP) is 1.05. The molecule has 2 N–H and O–H groups in total. The summed E-state index contributed by atoms with van der Waals surface area (Å²) in [7, 11) is 0. The smallest absolute Gasteiger partial charge is 0.230 e. The first-order chi connectivity index (χ1) is 8.22. The van der Waals surface area contributed by atoms with E-state index in [1.54, 1.807) is 0 Å². The molecule has 96 valence electrons. The topological polar surface area (TPSA) is 68.2 Å². The van der Waals surface area contributed by atoms with Gasteiger partial charge in [0.2, 0.25) is 11.8 Å². The molecule has 0 radical (unpaired) electrons. The molecule has 0 amide bonds. The van der Waals surface area contributed by atoms with E-state index in [-0.39, 0.29) is 0 Å². The summed E-state index contributed by atoms with van der Waals surface area (Å²) in [6, 6.07) is 0. The number of hydrogen-bond acceptors (Lipinski definition) is 5. The Morgan fingerprint density at radius 2 is 2.18 bits per heavy atom. The summed E-state index contributed by atoms with van der Waals surface area (Å²) < 4.78 is 5.54. The van der Waals surface area contributed by atoms with Crippen LogP contribution in [0.4, 0.5) is 0 Å². The zero-order valence-corrected chi connectivity index (χ0v) is 10.7. The minimum absolute atomic E-state index is 0.595. The maximum atomic E-state index is 5.80. The highest BCUT2D eigenvalue weighted by Gasteiger charge is 2.25. The first-order valence-electron chi connectivity index (χ1n) is 6.46. The molecule has 1 aliphatic rings. The Hall–Kier alpha value is -0.940. The van der Waals surface area contributed by atoms with Crippen LogP contribution in [0.2, 0.25) is 0 Å². The minimum Gasteiger partial charge on any atom is -0.424 e. The second-order valence-electron chi connectivity index (χ2n) is 4.94. The fourth-order valence-electron chi connectivity index (χ4n) is 2.36. The van der Waals surface area contributed by atoms with E-state index in [1.807, 2.05) is 6.92 Å². The Kier molecular flexibility index (Phi) is 4.12. The fraction of sp³-hybridized carbons (Fsp3) is 0.833. The van der Waals surface area contributed by atoms with Crippen molar-refractivity contribution in [2.24, 2.45) is 17.6 Å². The van der Waals surface area contributed by atoms with E-state index in [1.165, 1.54) is 6.42 Å². The van der Waals surface area contributed by atoms with Gasteiger partial charge in [0.15, 0.2) is 0 Å². The van der Waals surface area contributed by atoms with E-state index in [4.69, 9.17) is 10.2 Å². The summed E-state index contributed by atoms with van der Waals surface area (Å²) in [5, 5.41) is 8.05. The van der Waals surface area contributed by atoms with Crippen molar-refractivity contribution in [2.45, 2.75) is 33.2 Å². The Balaban J connectivity index is 1.90. The molecular weight excluding hydrogens is 216 g/mol. The summed E-state index contributed by atoms with van der Waals surface area (Å²) in [6.45, 7) is 7.97. The van der Waals surface area contributed by atoms with Crippen LogP contribution in [0.1, 0.15) is 32.0 Å². The van der Waals surface area contributed by atoms with Crippen molar-refractivity contribution >= 4 is 0 Å². The normalized spacial score (nSPS) is 26.3. The number of nitrogens with zero attached hydrogens (tertiary/aromatic N) is 3. The van der Waals surface area contributed by atoms with Crippen molar-refractivity contribution in [3.63, 3.8) is 0 Å². The number of rotatable bonds is 4. The third-order valence-corrected chi connectivity index (χ3v) is 3.67. The van der Waals surface area contributed by atoms with Gasteiger partial charge in [-0.25, -0.2) is 0 Å². The fourth-order valence-corrected chi connectivity index (χ4v) is 2.36. The molecule has 1 aromatic heterocycles. The number of piperidine rings is 1. The highest BCUT2D eigenvalue weighted by atomic mass is 16.4. The number of hydrogen-bond donors (Lipinski definition) is 1. The van der Waals surface area contributed by atoms with Crippen LogP contribution in [-0.4, -0.2) is 34.7 Å². The predicted molar refractivity (Wildman–Crippen MR) is 65.3 cm³/mol. The van der Waals surface area contributed by atoms with Crippen LogP contribution < -0.4 is 5.73 Å². The van der Waals surface area contributed by atoms with E-state index < -0.39 is 0 Å². The standard InChI is InChI=1S/C12H22N4O/c1-3-11-14-15-12(17-11)8-16-5-4-9(2)10(6-13)7-16/h9-10H,3-8,13H2,1-2H3. The van der Waals surface area contributed by atoms with Gasteiger partial charge in [0.1, 0.15) is 0 Å². The van der Waals surface area contributed by atoms with Crippen LogP contribution in [0, 0.1) is 11.8 Å². The van der Waals surface area contributed by atoms with Crippen LogP contribution in [-0.2, 0) is 13.0 Å². The lowest BCUT2D eigenvalue weighted by Gasteiger charge is -2.35. The number of aromatic nitrogens is 2. The Morgan fingerprint density at radius 1 is 1.41 bits per heavy atom. The molecule has 0 saturated carbocycles. The largest absolute Gasteiger partial charge is 0.424 e. The lowest BCUT2D eigenvalue weighted by Crippen LogP contribution is -2.42. The van der Waals surface area contributed by atoms with Gasteiger partial charge in [-0.05, 0) is 31.3 Å². The monoisotopic (exact) mass is 238 g/mol. The SMILES string of the molecule is CCc1nnc(CN2CCC(C)C(CN)C2)o1. The molecule has 17 heavy (non-hydrogen) atoms. The van der Waals surface area contributed by atoms with E-state index in [9.17, 15) is 0 Å². The number of nitrogens with two attached hydrogens (primary N) is 1. The van der Waals surface area contributed by atoms with Crippen molar-refractivity contribution < 1.29 is 4.42 Å². The molecule has 1 fully saturated rings. The molecule has 2 rings (SSSR count). The average Bonchev–Trinajstić information content (AvgIpc) is 2.79. The van der Waals surface area contributed by atoms with Gasteiger partial charge in [0.25, 0.3) is 0 Å². The maximum absolute atomic E-state index is 5.80. The van der Waals surface area contributed by atoms with E-state index in [2.05, 4.69) is 22.0 Å². The highest BCUT2D eigenvalue weighted by molar-refractivity contribution is 4.85. The van der Waals surface area contributed by atoms with Crippen LogP contribution in [0.5, 0.6) is 0 Å². The molecule has 1 saturated heterocycles. The second-order valence-corrected chi connectivity index (χ2v) is 4.94. The maximum Gasteiger partial charge on any atom is 0.230 e. The van der Waals surface area contributed by atoms with Gasteiger partial charge in [-0.1, -0.05) is 13.8 Å². The third kappa shape index (κ3) is 3.04. The molecule has 2 heterocycles. The van der Waals surface area contributed by atoms with Crippen molar-refractivity contribution in [3.8, 4) is 0 Å². The van der Waals surface area contributed by atoms with Gasteiger partial charge in [0, 0.05) is 13.0 Å². The quantitative estimate of drug-likeness (QED) is 0.849. The van der Waals surface area contributed by atoms with Crippen LogP contribution in [0.15, 0.2) is 4.42 Å². The van der Waals surface area contributed by atoms with Gasteiger partial charge in [-0.15, -0.1) is 10.2 Å². The molecule has 5 nitrogen and oxygen atoms in total. The molecule has 2 atom stereocenters. The Morgan fingerprint density at radius 3 is 2.82 bits per heavy atom. The van der Waals surface area contributed by atoms with Crippen molar-refractivity contribution in [1.29, 1.82) is 0 Å². The van der Waals surface area contributed by atoms with Crippen LogP contribution >= 0.6 is 0 Å². The molecule has 1 aliphatic heterocycles. The summed E-state index contributed by atoms with van der Waals surface area (Å²) in [6.07, 6.45) is 2.01. The van der Waals surface area contributed by atoms with Gasteiger partial charge in [0.05, 0.1) is 6.54 Å². The van der Waals surface area contributed by atoms with Gasteiger partial charge >= 0.3 is 0 Å². The molecule has 0 bridgehead atoms. The lowest BCUT2D eigenvalue weighted by molar-refractivity contribution is 0.116. The second kappa shape index (κ2) is 5.60. The van der Waals surface area contributed by atoms with E-state index in [0.29, 0.717) is 5.92 Å². The summed E-state index contributed by atoms with van der Waals surface area (Å²) in [5.74, 6) is 2.77. The number of likely N-dealkylation sites (tertiary alicyclic amines) is 1. The lowest BCUT2D eigenvalue weighted by atomic mass is 9.87. The summed E-state index contributed by atoms with van der Waals surface area (Å²) >= 11 is 0. The van der Waals surface area contributed by atoms with E-state index in [0.717, 1.165) is 50.3 Å². The van der Waals surface area contributed by atoms with Crippen molar-refractivity contribution in [2.75, 3.05) is 19.6 Å². The first kappa shape index (κ1) is 12.5. The molecular formula is C12H22N4O. The summed E-state index contributed by atoms with van der Waals surface area (Å²) in [5.41, 5.74) is 5.80. The van der Waals surface area contributed by atoms with Crippen molar-refractivity contribution in [3.05, 3.63) is 11.8 Å². The average molecular weight is 238 g/mol. The van der Waals surface area contributed by atoms with Gasteiger partial charge in [-0.2, -0.15) is 0 Å². The highest BCUT2D eigenvalue weighted by Crippen LogP contribution is 2.23. The van der Waals surface area contributed by atoms with Gasteiger partial charge in [-0.3, -0.25) is 4.90 Å². The molecule has 0 spiro atoms. The zero-order valence-electron chi connectivity index (χ0n) is 10.7. The molecule has 2 unspecified atom stereocenters.